The van der Waals surface area contributed by atoms with Gasteiger partial charge in [0.15, 0.2) is 0 Å². The van der Waals surface area contributed by atoms with Crippen molar-refractivity contribution in [2.24, 2.45) is 0 Å². The first kappa shape index (κ1) is 19.8. The lowest BCUT2D eigenvalue weighted by Gasteiger charge is -2.36. The molecule has 7 heteroatoms. The molecule has 2 rings (SSSR count). The van der Waals surface area contributed by atoms with Gasteiger partial charge in [-0.25, -0.2) is 0 Å². The van der Waals surface area contributed by atoms with Crippen LogP contribution in [0.1, 0.15) is 31.4 Å². The van der Waals surface area contributed by atoms with Gasteiger partial charge in [-0.2, -0.15) is 13.2 Å². The maximum Gasteiger partial charge on any atom is 0.416 e. The lowest BCUT2D eigenvalue weighted by Crippen LogP contribution is -2.55. The number of amides is 1. The van der Waals surface area contributed by atoms with Crippen LogP contribution in [0, 0.1) is 0 Å². The summed E-state index contributed by atoms with van der Waals surface area (Å²) in [4.78, 5) is 14.0. The molecule has 0 radical (unpaired) electrons. The van der Waals surface area contributed by atoms with E-state index in [9.17, 15) is 18.0 Å². The van der Waals surface area contributed by atoms with Crippen LogP contribution in [-0.4, -0.2) is 36.0 Å². The summed E-state index contributed by atoms with van der Waals surface area (Å²) in [5, 5.41) is 3.36. The number of hydrogen-bond acceptors (Lipinski definition) is 2. The first-order chi connectivity index (χ1) is 10.3. The number of halogens is 4. The zero-order chi connectivity index (χ0) is 16.3. The molecule has 3 nitrogen and oxygen atoms in total. The highest BCUT2D eigenvalue weighted by Crippen LogP contribution is 2.29. The van der Waals surface area contributed by atoms with Crippen LogP contribution < -0.4 is 5.32 Å². The van der Waals surface area contributed by atoms with Crippen molar-refractivity contribution in [3.63, 3.8) is 0 Å². The average Bonchev–Trinajstić information content (AvgIpc) is 2.43. The highest BCUT2D eigenvalue weighted by Gasteiger charge is 2.30. The van der Waals surface area contributed by atoms with Gasteiger partial charge in [0.1, 0.15) is 0 Å². The summed E-state index contributed by atoms with van der Waals surface area (Å²) in [6.45, 7) is 5.42. The molecule has 1 aromatic carbocycles. The van der Waals surface area contributed by atoms with Crippen molar-refractivity contribution in [3.05, 3.63) is 35.4 Å². The van der Waals surface area contributed by atoms with Crippen LogP contribution in [0.15, 0.2) is 24.3 Å². The summed E-state index contributed by atoms with van der Waals surface area (Å²) < 4.78 is 37.4. The molecule has 2 atom stereocenters. The second kappa shape index (κ2) is 8.02. The molecule has 130 valence electrons. The molecule has 0 bridgehead atoms. The molecule has 0 aliphatic carbocycles. The van der Waals surface area contributed by atoms with Gasteiger partial charge in [-0.1, -0.05) is 12.1 Å². The minimum Gasteiger partial charge on any atom is -0.340 e. The van der Waals surface area contributed by atoms with Gasteiger partial charge < -0.3 is 10.2 Å². The predicted octanol–water partition coefficient (Wildman–Crippen LogP) is 3.27. The molecule has 1 aliphatic heterocycles. The Bertz CT molecular complexity index is 509. The van der Waals surface area contributed by atoms with E-state index in [2.05, 4.69) is 5.32 Å². The van der Waals surface area contributed by atoms with Crippen LogP contribution >= 0.6 is 12.4 Å². The van der Waals surface area contributed by atoms with E-state index >= 15 is 0 Å². The zero-order valence-corrected chi connectivity index (χ0v) is 14.0. The molecule has 0 aromatic heterocycles. The second-order valence-electron chi connectivity index (χ2n) is 5.96. The zero-order valence-electron chi connectivity index (χ0n) is 13.2. The number of benzene rings is 1. The molecule has 0 spiro atoms. The van der Waals surface area contributed by atoms with Crippen molar-refractivity contribution in [2.75, 3.05) is 13.1 Å². The van der Waals surface area contributed by atoms with Gasteiger partial charge in [-0.15, -0.1) is 12.4 Å². The van der Waals surface area contributed by atoms with E-state index in [0.717, 1.165) is 17.7 Å². The summed E-state index contributed by atoms with van der Waals surface area (Å²) in [5.41, 5.74) is 0.0879. The van der Waals surface area contributed by atoms with Gasteiger partial charge in [0.05, 0.1) is 5.56 Å². The Morgan fingerprint density at radius 1 is 1.17 bits per heavy atom. The van der Waals surface area contributed by atoms with Gasteiger partial charge in [-0.05, 0) is 38.0 Å². The fraction of sp³-hybridized carbons (Fsp3) is 0.562. The molecule has 1 heterocycles. The van der Waals surface area contributed by atoms with Gasteiger partial charge >= 0.3 is 6.18 Å². The van der Waals surface area contributed by atoms with E-state index in [1.807, 2.05) is 18.7 Å². The monoisotopic (exact) mass is 350 g/mol. The molecule has 1 N–H and O–H groups in total. The highest BCUT2D eigenvalue weighted by atomic mass is 35.5. The quantitative estimate of drug-likeness (QED) is 0.907. The lowest BCUT2D eigenvalue weighted by molar-refractivity contribution is -0.137. The standard InChI is InChI=1S/C16H21F3N2O.ClH/c1-11-9-21(10-12(2)20-11)15(22)8-5-13-3-6-14(7-4-13)16(17,18)19;/h3-4,6-7,11-12,20H,5,8-10H2,1-2H3;1H. The third-order valence-electron chi connectivity index (χ3n) is 3.82. The van der Waals surface area contributed by atoms with Gasteiger partial charge in [0.2, 0.25) is 5.91 Å². The Morgan fingerprint density at radius 2 is 1.70 bits per heavy atom. The maximum atomic E-state index is 12.5. The van der Waals surface area contributed by atoms with E-state index in [1.54, 1.807) is 0 Å². The Kier molecular flexibility index (Phi) is 6.89. The SMILES string of the molecule is CC1CN(C(=O)CCc2ccc(C(F)(F)F)cc2)CC(C)N1.Cl. The fourth-order valence-corrected chi connectivity index (χ4v) is 2.80. The smallest absolute Gasteiger partial charge is 0.340 e. The minimum atomic E-state index is -4.32. The molecule has 2 unspecified atom stereocenters. The largest absolute Gasteiger partial charge is 0.416 e. The summed E-state index contributed by atoms with van der Waals surface area (Å²) in [5.74, 6) is 0.0556. The Labute approximate surface area is 140 Å². The fourth-order valence-electron chi connectivity index (χ4n) is 2.80. The average molecular weight is 351 g/mol. The van der Waals surface area contributed by atoms with Crippen molar-refractivity contribution >= 4 is 18.3 Å². The Morgan fingerprint density at radius 3 is 2.17 bits per heavy atom. The van der Waals surface area contributed by atoms with E-state index in [-0.39, 0.29) is 30.4 Å². The van der Waals surface area contributed by atoms with Crippen LogP contribution in [0.5, 0.6) is 0 Å². The van der Waals surface area contributed by atoms with Crippen LogP contribution in [0.3, 0.4) is 0 Å². The van der Waals surface area contributed by atoms with Crippen molar-refractivity contribution in [1.82, 2.24) is 10.2 Å². The molecule has 1 aromatic rings. The number of carbonyl (C=O) groups is 1. The number of aryl methyl sites for hydroxylation is 1. The van der Waals surface area contributed by atoms with Crippen molar-refractivity contribution in [1.29, 1.82) is 0 Å². The highest BCUT2D eigenvalue weighted by molar-refractivity contribution is 5.85. The number of hydrogen-bond donors (Lipinski definition) is 1. The topological polar surface area (TPSA) is 32.3 Å². The van der Waals surface area contributed by atoms with Crippen LogP contribution in [-0.2, 0) is 17.4 Å². The van der Waals surface area contributed by atoms with Crippen molar-refractivity contribution in [3.8, 4) is 0 Å². The van der Waals surface area contributed by atoms with E-state index < -0.39 is 11.7 Å². The van der Waals surface area contributed by atoms with Crippen LogP contribution in [0.25, 0.3) is 0 Å². The summed E-state index contributed by atoms with van der Waals surface area (Å²) in [6, 6.07) is 5.54. The van der Waals surface area contributed by atoms with E-state index in [4.69, 9.17) is 0 Å². The summed E-state index contributed by atoms with van der Waals surface area (Å²) in [6.07, 6.45) is -3.53. The number of carbonyl (C=O) groups excluding carboxylic acids is 1. The number of nitrogens with zero attached hydrogens (tertiary/aromatic N) is 1. The van der Waals surface area contributed by atoms with Crippen LogP contribution in [0.4, 0.5) is 13.2 Å². The summed E-state index contributed by atoms with van der Waals surface area (Å²) in [7, 11) is 0. The van der Waals surface area contributed by atoms with E-state index in [1.165, 1.54) is 12.1 Å². The van der Waals surface area contributed by atoms with Gasteiger partial charge in [-0.3, -0.25) is 4.79 Å². The molecule has 23 heavy (non-hydrogen) atoms. The number of rotatable bonds is 3. The molecule has 1 amide bonds. The third-order valence-corrected chi connectivity index (χ3v) is 3.82. The Hall–Kier alpha value is -1.27. The van der Waals surface area contributed by atoms with Gasteiger partial charge in [0, 0.05) is 31.6 Å². The predicted molar refractivity (Wildman–Crippen MR) is 85.7 cm³/mol. The normalized spacial score (nSPS) is 21.7. The first-order valence-electron chi connectivity index (χ1n) is 7.45. The molecule has 1 fully saturated rings. The molecular weight excluding hydrogens is 329 g/mol. The number of alkyl halides is 3. The van der Waals surface area contributed by atoms with Crippen molar-refractivity contribution < 1.29 is 18.0 Å². The lowest BCUT2D eigenvalue weighted by atomic mass is 10.1. The third kappa shape index (κ3) is 5.70. The Balaban J connectivity index is 0.00000264. The van der Waals surface area contributed by atoms with Crippen LogP contribution in [0.2, 0.25) is 0 Å². The second-order valence-corrected chi connectivity index (χ2v) is 5.96. The molecule has 1 aliphatic rings. The van der Waals surface area contributed by atoms with Gasteiger partial charge in [0.25, 0.3) is 0 Å². The summed E-state index contributed by atoms with van der Waals surface area (Å²) >= 11 is 0. The molecule has 1 saturated heterocycles. The number of nitrogens with one attached hydrogen (secondary N) is 1. The maximum absolute atomic E-state index is 12.5. The minimum absolute atomic E-state index is 0. The number of piperazine rings is 1. The first-order valence-corrected chi connectivity index (χ1v) is 7.45. The van der Waals surface area contributed by atoms with E-state index in [0.29, 0.717) is 25.9 Å². The molecular formula is C16H22ClF3N2O. The molecule has 0 saturated carbocycles. The van der Waals surface area contributed by atoms with Crippen molar-refractivity contribution in [2.45, 2.75) is 44.9 Å².